The number of nitrogens with one attached hydrogen (secondary N) is 1. The van der Waals surface area contributed by atoms with Crippen molar-refractivity contribution in [1.29, 1.82) is 0 Å². The number of hydrogen-bond acceptors (Lipinski definition) is 6. The Balaban J connectivity index is 1.64. The Bertz CT molecular complexity index is 1170. The minimum Gasteiger partial charge on any atom is -0.352 e. The lowest BCUT2D eigenvalue weighted by Gasteiger charge is -2.27. The quantitative estimate of drug-likeness (QED) is 0.588. The molecule has 0 fully saturated rings. The zero-order chi connectivity index (χ0) is 21.8. The van der Waals surface area contributed by atoms with Crippen molar-refractivity contribution in [3.8, 4) is 0 Å². The largest absolute Gasteiger partial charge is 0.352 e. The standard InChI is InChI=1S/C23H23N3O5/c1-29-19-10-11-23(30-2,31-19)15-25-21(27)18-13-17-9-6-12-24-20(17)26(22(18)28)14-16-7-4-3-5-8-16/h3-13,19H,14-15H2,1-2H3,(H,25,27)/t19-,23-/m1/s1. The first-order valence-corrected chi connectivity index (χ1v) is 9.81. The first kappa shape index (κ1) is 20.9. The molecule has 0 saturated heterocycles. The number of aromatic nitrogens is 2. The molecule has 0 bridgehead atoms. The lowest BCUT2D eigenvalue weighted by atomic mass is 10.1. The van der Waals surface area contributed by atoms with E-state index in [1.807, 2.05) is 36.4 Å². The van der Waals surface area contributed by atoms with Gasteiger partial charge in [0.25, 0.3) is 11.5 Å². The molecule has 160 valence electrons. The van der Waals surface area contributed by atoms with Crippen LogP contribution in [0.4, 0.5) is 0 Å². The van der Waals surface area contributed by atoms with Crippen LogP contribution in [0.1, 0.15) is 15.9 Å². The Labute approximate surface area is 179 Å². The average molecular weight is 421 g/mol. The Morgan fingerprint density at radius 1 is 1.23 bits per heavy atom. The summed E-state index contributed by atoms with van der Waals surface area (Å²) >= 11 is 0. The van der Waals surface area contributed by atoms with E-state index in [1.54, 1.807) is 30.5 Å². The predicted molar refractivity (Wildman–Crippen MR) is 115 cm³/mol. The topological polar surface area (TPSA) is 91.7 Å². The van der Waals surface area contributed by atoms with Gasteiger partial charge in [-0.1, -0.05) is 30.3 Å². The highest BCUT2D eigenvalue weighted by molar-refractivity contribution is 5.96. The number of nitrogens with zero attached hydrogens (tertiary/aromatic N) is 2. The summed E-state index contributed by atoms with van der Waals surface area (Å²) < 4.78 is 17.7. The summed E-state index contributed by atoms with van der Waals surface area (Å²) in [6.45, 7) is 0.319. The summed E-state index contributed by atoms with van der Waals surface area (Å²) in [5.41, 5.74) is 1.05. The maximum absolute atomic E-state index is 13.2. The molecule has 4 rings (SSSR count). The van der Waals surface area contributed by atoms with Gasteiger partial charge in [0.2, 0.25) is 5.79 Å². The SMILES string of the molecule is CO[C@H]1C=C[C@@](CNC(=O)c2cc3cccnc3n(Cc3ccccc3)c2=O)(OC)O1. The second-order valence-electron chi connectivity index (χ2n) is 7.13. The lowest BCUT2D eigenvalue weighted by Crippen LogP contribution is -2.45. The van der Waals surface area contributed by atoms with Gasteiger partial charge in [-0.3, -0.25) is 14.2 Å². The molecule has 1 aliphatic heterocycles. The van der Waals surface area contributed by atoms with Gasteiger partial charge in [-0.05, 0) is 35.9 Å². The van der Waals surface area contributed by atoms with E-state index in [9.17, 15) is 9.59 Å². The lowest BCUT2D eigenvalue weighted by molar-refractivity contribution is -0.238. The molecule has 8 nitrogen and oxygen atoms in total. The molecule has 2 aromatic heterocycles. The van der Waals surface area contributed by atoms with Gasteiger partial charge in [-0.25, -0.2) is 4.98 Å². The number of methoxy groups -OCH3 is 2. The van der Waals surface area contributed by atoms with Gasteiger partial charge in [0.1, 0.15) is 11.2 Å². The first-order chi connectivity index (χ1) is 15.0. The van der Waals surface area contributed by atoms with Gasteiger partial charge in [0.05, 0.1) is 13.1 Å². The van der Waals surface area contributed by atoms with Crippen LogP contribution in [0.3, 0.4) is 0 Å². The number of carbonyl (C=O) groups excluding carboxylic acids is 1. The van der Waals surface area contributed by atoms with Crippen molar-refractivity contribution in [2.24, 2.45) is 0 Å². The summed E-state index contributed by atoms with van der Waals surface area (Å²) in [5, 5.41) is 3.44. The number of amides is 1. The first-order valence-electron chi connectivity index (χ1n) is 9.81. The molecule has 3 heterocycles. The number of hydrogen-bond donors (Lipinski definition) is 1. The maximum atomic E-state index is 13.2. The third-order valence-corrected chi connectivity index (χ3v) is 5.17. The summed E-state index contributed by atoms with van der Waals surface area (Å²) in [5.74, 6) is -1.68. The molecule has 1 N–H and O–H groups in total. The van der Waals surface area contributed by atoms with Crippen molar-refractivity contribution in [3.63, 3.8) is 0 Å². The van der Waals surface area contributed by atoms with Crippen LogP contribution in [-0.2, 0) is 20.8 Å². The van der Waals surface area contributed by atoms with E-state index < -0.39 is 23.5 Å². The average Bonchev–Trinajstić information content (AvgIpc) is 3.24. The molecule has 31 heavy (non-hydrogen) atoms. The van der Waals surface area contributed by atoms with Gasteiger partial charge in [0.15, 0.2) is 6.29 Å². The minimum absolute atomic E-state index is 0.0158. The van der Waals surface area contributed by atoms with E-state index in [-0.39, 0.29) is 12.1 Å². The number of carbonyl (C=O) groups is 1. The minimum atomic E-state index is -1.15. The van der Waals surface area contributed by atoms with Crippen LogP contribution >= 0.6 is 0 Å². The molecule has 1 aromatic carbocycles. The highest BCUT2D eigenvalue weighted by Gasteiger charge is 2.36. The van der Waals surface area contributed by atoms with Crippen molar-refractivity contribution >= 4 is 16.9 Å². The van der Waals surface area contributed by atoms with Crippen LogP contribution in [-0.4, -0.2) is 48.3 Å². The van der Waals surface area contributed by atoms with Gasteiger partial charge in [0, 0.05) is 25.8 Å². The van der Waals surface area contributed by atoms with E-state index in [4.69, 9.17) is 14.2 Å². The second kappa shape index (κ2) is 8.81. The molecule has 3 aromatic rings. The highest BCUT2D eigenvalue weighted by atomic mass is 16.8. The second-order valence-corrected chi connectivity index (χ2v) is 7.13. The van der Waals surface area contributed by atoms with E-state index in [0.29, 0.717) is 17.6 Å². The van der Waals surface area contributed by atoms with E-state index in [2.05, 4.69) is 10.3 Å². The zero-order valence-corrected chi connectivity index (χ0v) is 17.3. The Kier molecular flexibility index (Phi) is 5.94. The van der Waals surface area contributed by atoms with Gasteiger partial charge < -0.3 is 19.5 Å². The van der Waals surface area contributed by atoms with Crippen LogP contribution in [0.5, 0.6) is 0 Å². The van der Waals surface area contributed by atoms with Crippen LogP contribution in [0.2, 0.25) is 0 Å². The molecule has 1 amide bonds. The molecule has 0 radical (unpaired) electrons. The third-order valence-electron chi connectivity index (χ3n) is 5.17. The summed E-state index contributed by atoms with van der Waals surface area (Å²) in [6.07, 6.45) is 4.44. The number of pyridine rings is 2. The molecule has 1 aliphatic rings. The van der Waals surface area contributed by atoms with E-state index in [0.717, 1.165) is 5.56 Å². The van der Waals surface area contributed by atoms with E-state index in [1.165, 1.54) is 18.8 Å². The smallest absolute Gasteiger partial charge is 0.265 e. The van der Waals surface area contributed by atoms with Crippen LogP contribution in [0.25, 0.3) is 11.0 Å². The maximum Gasteiger partial charge on any atom is 0.265 e. The van der Waals surface area contributed by atoms with Crippen molar-refractivity contribution in [1.82, 2.24) is 14.9 Å². The molecule has 2 atom stereocenters. The fraction of sp³-hybridized carbons (Fsp3) is 0.261. The molecule has 0 spiro atoms. The van der Waals surface area contributed by atoms with Crippen molar-refractivity contribution in [3.05, 3.63) is 88.4 Å². The number of rotatable bonds is 7. The van der Waals surface area contributed by atoms with Crippen molar-refractivity contribution < 1.29 is 19.0 Å². The molecule has 0 unspecified atom stereocenters. The Hall–Kier alpha value is -3.33. The monoisotopic (exact) mass is 421 g/mol. The third kappa shape index (κ3) is 4.27. The highest BCUT2D eigenvalue weighted by Crippen LogP contribution is 2.24. The molecule has 0 aliphatic carbocycles. The number of ether oxygens (including phenoxy) is 3. The fourth-order valence-electron chi connectivity index (χ4n) is 3.50. The number of benzene rings is 1. The van der Waals surface area contributed by atoms with E-state index >= 15 is 0 Å². The number of fused-ring (bicyclic) bond motifs is 1. The van der Waals surface area contributed by atoms with Crippen LogP contribution in [0, 0.1) is 0 Å². The summed E-state index contributed by atoms with van der Waals surface area (Å²) in [6, 6.07) is 14.7. The van der Waals surface area contributed by atoms with Crippen LogP contribution < -0.4 is 10.9 Å². The van der Waals surface area contributed by atoms with Gasteiger partial charge in [-0.15, -0.1) is 0 Å². The van der Waals surface area contributed by atoms with Gasteiger partial charge in [-0.2, -0.15) is 0 Å². The normalized spacial score (nSPS) is 20.3. The predicted octanol–water partition coefficient (Wildman–Crippen LogP) is 2.08. The summed E-state index contributed by atoms with van der Waals surface area (Å²) in [7, 11) is 2.99. The van der Waals surface area contributed by atoms with Gasteiger partial charge >= 0.3 is 0 Å². The molecule has 8 heteroatoms. The van der Waals surface area contributed by atoms with Crippen LogP contribution in [0.15, 0.2) is 71.7 Å². The fourth-order valence-corrected chi connectivity index (χ4v) is 3.50. The summed E-state index contributed by atoms with van der Waals surface area (Å²) in [4.78, 5) is 30.6. The van der Waals surface area contributed by atoms with Crippen molar-refractivity contribution in [2.45, 2.75) is 18.6 Å². The Morgan fingerprint density at radius 2 is 2.03 bits per heavy atom. The van der Waals surface area contributed by atoms with Crippen molar-refractivity contribution in [2.75, 3.05) is 20.8 Å². The zero-order valence-electron chi connectivity index (χ0n) is 17.3. The molecular formula is C23H23N3O5. The Morgan fingerprint density at radius 3 is 2.74 bits per heavy atom. The molecular weight excluding hydrogens is 398 g/mol. The molecule has 0 saturated carbocycles.